The van der Waals surface area contributed by atoms with E-state index in [-0.39, 0.29) is 5.91 Å². The molecule has 1 heterocycles. The van der Waals surface area contributed by atoms with Gasteiger partial charge in [-0.15, -0.1) is 0 Å². The maximum absolute atomic E-state index is 12.4. The number of hydrogen-bond acceptors (Lipinski definition) is 4. The smallest absolute Gasteiger partial charge is 0.230 e. The summed E-state index contributed by atoms with van der Waals surface area (Å²) in [6.45, 7) is 9.88. The highest BCUT2D eigenvalue weighted by Crippen LogP contribution is 2.33. The van der Waals surface area contributed by atoms with Gasteiger partial charge in [-0.3, -0.25) is 4.79 Å². The molecule has 1 amide bonds. The van der Waals surface area contributed by atoms with Crippen molar-refractivity contribution in [3.63, 3.8) is 0 Å². The standard InChI is InChI=1S/C18H23N3OS/c1-6-18(4,5)16(22)21-14-9-7-8-10-15(14)23-17-19-11-12(2)13(3)20-17/h7-11H,6H2,1-5H3,(H,21,22). The second-order valence-electron chi connectivity index (χ2n) is 6.21. The highest BCUT2D eigenvalue weighted by Gasteiger charge is 2.25. The van der Waals surface area contributed by atoms with Gasteiger partial charge in [0.2, 0.25) is 5.91 Å². The minimum atomic E-state index is -0.394. The third-order valence-electron chi connectivity index (χ3n) is 4.04. The zero-order chi connectivity index (χ0) is 17.0. The van der Waals surface area contributed by atoms with Crippen molar-refractivity contribution in [3.05, 3.63) is 41.7 Å². The number of aromatic nitrogens is 2. The average molecular weight is 329 g/mol. The molecule has 0 fully saturated rings. The number of carbonyl (C=O) groups is 1. The lowest BCUT2D eigenvalue weighted by atomic mass is 9.89. The van der Waals surface area contributed by atoms with Crippen LogP contribution >= 0.6 is 11.8 Å². The number of rotatable bonds is 5. The maximum Gasteiger partial charge on any atom is 0.230 e. The fraction of sp³-hybridized carbons (Fsp3) is 0.389. The van der Waals surface area contributed by atoms with Crippen LogP contribution in [0.2, 0.25) is 0 Å². The number of aryl methyl sites for hydroxylation is 2. The molecule has 1 N–H and O–H groups in total. The number of amides is 1. The van der Waals surface area contributed by atoms with E-state index in [0.29, 0.717) is 5.16 Å². The van der Waals surface area contributed by atoms with Crippen molar-refractivity contribution in [2.45, 2.75) is 51.1 Å². The molecular formula is C18H23N3OS. The Bertz CT molecular complexity index is 713. The van der Waals surface area contributed by atoms with Crippen molar-refractivity contribution < 1.29 is 4.79 Å². The molecule has 0 bridgehead atoms. The van der Waals surface area contributed by atoms with E-state index in [2.05, 4.69) is 15.3 Å². The topological polar surface area (TPSA) is 54.9 Å². The van der Waals surface area contributed by atoms with E-state index in [1.54, 1.807) is 0 Å². The van der Waals surface area contributed by atoms with Gasteiger partial charge in [0.15, 0.2) is 5.16 Å². The summed E-state index contributed by atoms with van der Waals surface area (Å²) in [5, 5.41) is 3.72. The van der Waals surface area contributed by atoms with Crippen molar-refractivity contribution >= 4 is 23.4 Å². The number of nitrogens with one attached hydrogen (secondary N) is 1. The van der Waals surface area contributed by atoms with Crippen LogP contribution in [0.15, 0.2) is 40.5 Å². The Balaban J connectivity index is 2.24. The first-order chi connectivity index (χ1) is 10.8. The van der Waals surface area contributed by atoms with Gasteiger partial charge in [-0.2, -0.15) is 0 Å². The fourth-order valence-corrected chi connectivity index (χ4v) is 2.62. The van der Waals surface area contributed by atoms with Crippen LogP contribution in [-0.4, -0.2) is 15.9 Å². The maximum atomic E-state index is 12.4. The molecule has 0 radical (unpaired) electrons. The van der Waals surface area contributed by atoms with Crippen LogP contribution < -0.4 is 5.32 Å². The lowest BCUT2D eigenvalue weighted by Gasteiger charge is -2.22. The van der Waals surface area contributed by atoms with Crippen LogP contribution in [0.3, 0.4) is 0 Å². The molecule has 23 heavy (non-hydrogen) atoms. The lowest BCUT2D eigenvalue weighted by molar-refractivity contribution is -0.124. The van der Waals surface area contributed by atoms with Crippen molar-refractivity contribution in [2.75, 3.05) is 5.32 Å². The van der Waals surface area contributed by atoms with Gasteiger partial charge in [0.05, 0.1) is 5.69 Å². The van der Waals surface area contributed by atoms with Crippen molar-refractivity contribution in [1.82, 2.24) is 9.97 Å². The van der Waals surface area contributed by atoms with E-state index in [1.807, 2.05) is 65.1 Å². The molecule has 0 atom stereocenters. The van der Waals surface area contributed by atoms with Crippen LogP contribution in [-0.2, 0) is 4.79 Å². The number of anilines is 1. The molecule has 0 aliphatic rings. The zero-order valence-electron chi connectivity index (χ0n) is 14.3. The summed E-state index contributed by atoms with van der Waals surface area (Å²) in [6.07, 6.45) is 2.61. The largest absolute Gasteiger partial charge is 0.325 e. The van der Waals surface area contributed by atoms with E-state index in [4.69, 9.17) is 0 Å². The van der Waals surface area contributed by atoms with Crippen molar-refractivity contribution in [3.8, 4) is 0 Å². The number of hydrogen-bond donors (Lipinski definition) is 1. The van der Waals surface area contributed by atoms with Crippen LogP contribution in [0, 0.1) is 19.3 Å². The molecule has 1 aromatic carbocycles. The third-order valence-corrected chi connectivity index (χ3v) is 4.99. The normalized spacial score (nSPS) is 11.3. The predicted molar refractivity (Wildman–Crippen MR) is 94.8 cm³/mol. The van der Waals surface area contributed by atoms with Crippen LogP contribution in [0.5, 0.6) is 0 Å². The fourth-order valence-electron chi connectivity index (χ4n) is 1.76. The quantitative estimate of drug-likeness (QED) is 0.813. The van der Waals surface area contributed by atoms with Gasteiger partial charge in [-0.25, -0.2) is 9.97 Å². The van der Waals surface area contributed by atoms with E-state index >= 15 is 0 Å². The Morgan fingerprint density at radius 3 is 2.61 bits per heavy atom. The van der Waals surface area contributed by atoms with Gasteiger partial charge in [0.1, 0.15) is 0 Å². The monoisotopic (exact) mass is 329 g/mol. The first-order valence-corrected chi connectivity index (χ1v) is 8.53. The first-order valence-electron chi connectivity index (χ1n) is 7.72. The molecule has 2 aromatic rings. The Labute approximate surface area is 142 Å². The average Bonchev–Trinajstić information content (AvgIpc) is 2.52. The first kappa shape index (κ1) is 17.5. The summed E-state index contributed by atoms with van der Waals surface area (Å²) < 4.78 is 0. The number of benzene rings is 1. The molecule has 0 aliphatic heterocycles. The Kier molecular flexibility index (Phi) is 5.42. The summed E-state index contributed by atoms with van der Waals surface area (Å²) >= 11 is 1.46. The molecule has 1 aromatic heterocycles. The Morgan fingerprint density at radius 1 is 1.26 bits per heavy atom. The van der Waals surface area contributed by atoms with Gasteiger partial charge in [-0.05, 0) is 49.7 Å². The second-order valence-corrected chi connectivity index (χ2v) is 7.22. The summed E-state index contributed by atoms with van der Waals surface area (Å²) in [4.78, 5) is 22.2. The summed E-state index contributed by atoms with van der Waals surface area (Å²) in [5.41, 5.74) is 2.44. The summed E-state index contributed by atoms with van der Waals surface area (Å²) in [5.74, 6) is 0.0223. The molecule has 5 heteroatoms. The number of para-hydroxylation sites is 1. The molecule has 0 aliphatic carbocycles. The Hall–Kier alpha value is -1.88. The molecule has 4 nitrogen and oxygen atoms in total. The molecule has 0 saturated carbocycles. The number of nitrogens with zero attached hydrogens (tertiary/aromatic N) is 2. The minimum absolute atomic E-state index is 0.0223. The molecule has 0 unspecified atom stereocenters. The predicted octanol–water partition coefficient (Wildman–Crippen LogP) is 4.62. The summed E-state index contributed by atoms with van der Waals surface area (Å²) in [7, 11) is 0. The third kappa shape index (κ3) is 4.32. The van der Waals surface area contributed by atoms with Crippen molar-refractivity contribution in [1.29, 1.82) is 0 Å². The SMILES string of the molecule is CCC(C)(C)C(=O)Nc1ccccc1Sc1ncc(C)c(C)n1. The highest BCUT2D eigenvalue weighted by molar-refractivity contribution is 7.99. The van der Waals surface area contributed by atoms with Crippen LogP contribution in [0.1, 0.15) is 38.4 Å². The molecule has 0 saturated heterocycles. The molecule has 0 spiro atoms. The van der Waals surface area contributed by atoms with E-state index in [9.17, 15) is 4.79 Å². The molecular weight excluding hydrogens is 306 g/mol. The van der Waals surface area contributed by atoms with Gasteiger partial charge in [-0.1, -0.05) is 32.9 Å². The summed E-state index contributed by atoms with van der Waals surface area (Å²) in [6, 6.07) is 7.74. The zero-order valence-corrected chi connectivity index (χ0v) is 15.1. The van der Waals surface area contributed by atoms with Gasteiger partial charge < -0.3 is 5.32 Å². The van der Waals surface area contributed by atoms with E-state index in [0.717, 1.165) is 28.3 Å². The van der Waals surface area contributed by atoms with Crippen molar-refractivity contribution in [2.24, 2.45) is 5.41 Å². The molecule has 122 valence electrons. The van der Waals surface area contributed by atoms with Crippen LogP contribution in [0.4, 0.5) is 5.69 Å². The van der Waals surface area contributed by atoms with Gasteiger partial charge >= 0.3 is 0 Å². The van der Waals surface area contributed by atoms with Gasteiger partial charge in [0, 0.05) is 22.2 Å². The van der Waals surface area contributed by atoms with Crippen LogP contribution in [0.25, 0.3) is 0 Å². The van der Waals surface area contributed by atoms with E-state index < -0.39 is 5.41 Å². The minimum Gasteiger partial charge on any atom is -0.325 e. The second kappa shape index (κ2) is 7.13. The Morgan fingerprint density at radius 2 is 1.96 bits per heavy atom. The van der Waals surface area contributed by atoms with E-state index in [1.165, 1.54) is 11.8 Å². The number of carbonyl (C=O) groups excluding carboxylic acids is 1. The van der Waals surface area contributed by atoms with Gasteiger partial charge in [0.25, 0.3) is 0 Å². The lowest BCUT2D eigenvalue weighted by Crippen LogP contribution is -2.30. The molecule has 2 rings (SSSR count). The highest BCUT2D eigenvalue weighted by atomic mass is 32.2.